The van der Waals surface area contributed by atoms with Crippen LogP contribution < -0.4 is 10.1 Å². The van der Waals surface area contributed by atoms with Crippen LogP contribution in [0, 0.1) is 0 Å². The first-order valence-corrected chi connectivity index (χ1v) is 8.89. The maximum Gasteiger partial charge on any atom is 0.234 e. The number of ether oxygens (including phenoxy) is 1. The second-order valence-electron chi connectivity index (χ2n) is 7.05. The van der Waals surface area contributed by atoms with Gasteiger partial charge in [0.2, 0.25) is 5.91 Å². The van der Waals surface area contributed by atoms with Crippen molar-refractivity contribution in [2.45, 2.75) is 37.6 Å². The third-order valence-corrected chi connectivity index (χ3v) is 5.26. The molecule has 0 bridgehead atoms. The van der Waals surface area contributed by atoms with Crippen LogP contribution in [0.15, 0.2) is 24.4 Å². The van der Waals surface area contributed by atoms with Crippen LogP contribution in [0.4, 0.5) is 0 Å². The highest BCUT2D eigenvalue weighted by molar-refractivity contribution is 5.85. The Bertz CT molecular complexity index is 727. The molecule has 2 N–H and O–H groups in total. The number of H-pyrrole nitrogens is 1. The summed E-state index contributed by atoms with van der Waals surface area (Å²) in [5.74, 6) is 1.64. The number of aromatic nitrogens is 1. The van der Waals surface area contributed by atoms with Gasteiger partial charge < -0.3 is 15.0 Å². The Labute approximate surface area is 142 Å². The van der Waals surface area contributed by atoms with Crippen LogP contribution in [0.5, 0.6) is 5.75 Å². The number of likely N-dealkylation sites (tertiary alicyclic amines) is 1. The smallest absolute Gasteiger partial charge is 0.234 e. The van der Waals surface area contributed by atoms with Gasteiger partial charge in [0.1, 0.15) is 5.75 Å². The Hall–Kier alpha value is -2.01. The SMILES string of the molecule is COc1ccc2[nH]cc(C3CCN(CC(=O)NC4CC4)CC3)c2c1. The van der Waals surface area contributed by atoms with Crippen molar-refractivity contribution in [3.05, 3.63) is 30.0 Å². The maximum atomic E-state index is 11.9. The number of nitrogens with zero attached hydrogens (tertiary/aromatic N) is 1. The molecule has 1 aromatic heterocycles. The van der Waals surface area contributed by atoms with E-state index in [9.17, 15) is 4.79 Å². The molecule has 4 rings (SSSR count). The number of hydrogen-bond donors (Lipinski definition) is 2. The number of aromatic amines is 1. The number of rotatable bonds is 5. The molecule has 0 unspecified atom stereocenters. The molecule has 1 amide bonds. The number of hydrogen-bond acceptors (Lipinski definition) is 3. The Kier molecular flexibility index (Phi) is 4.19. The Morgan fingerprint density at radius 2 is 2.08 bits per heavy atom. The van der Waals surface area contributed by atoms with Crippen LogP contribution in [0.3, 0.4) is 0 Å². The van der Waals surface area contributed by atoms with E-state index >= 15 is 0 Å². The molecule has 0 spiro atoms. The summed E-state index contributed by atoms with van der Waals surface area (Å²) in [7, 11) is 1.71. The standard InChI is InChI=1S/C19H25N3O2/c1-24-15-4-5-18-16(10-15)17(11-20-18)13-6-8-22(9-7-13)12-19(23)21-14-2-3-14/h4-5,10-11,13-14,20H,2-3,6-9,12H2,1H3,(H,21,23). The van der Waals surface area contributed by atoms with E-state index in [1.54, 1.807) is 7.11 Å². The minimum absolute atomic E-state index is 0.188. The summed E-state index contributed by atoms with van der Waals surface area (Å²) in [5, 5.41) is 4.34. The lowest BCUT2D eigenvalue weighted by atomic mass is 9.89. The van der Waals surface area contributed by atoms with Gasteiger partial charge in [-0.05, 0) is 68.5 Å². The number of nitrogens with one attached hydrogen (secondary N) is 2. The van der Waals surface area contributed by atoms with Gasteiger partial charge in [-0.25, -0.2) is 0 Å². The van der Waals surface area contributed by atoms with Crippen molar-refractivity contribution in [2.75, 3.05) is 26.7 Å². The van der Waals surface area contributed by atoms with E-state index in [0.717, 1.165) is 50.0 Å². The first kappa shape index (κ1) is 15.5. The second kappa shape index (κ2) is 6.48. The first-order chi connectivity index (χ1) is 11.7. The van der Waals surface area contributed by atoms with Crippen molar-refractivity contribution in [1.82, 2.24) is 15.2 Å². The van der Waals surface area contributed by atoms with Crippen LogP contribution in [0.25, 0.3) is 10.9 Å². The van der Waals surface area contributed by atoms with Crippen LogP contribution in [0.2, 0.25) is 0 Å². The normalized spacial score (nSPS) is 19.5. The van der Waals surface area contributed by atoms with Crippen LogP contribution in [-0.4, -0.2) is 48.6 Å². The van der Waals surface area contributed by atoms with Gasteiger partial charge in [-0.2, -0.15) is 0 Å². The van der Waals surface area contributed by atoms with E-state index in [1.165, 1.54) is 10.9 Å². The zero-order chi connectivity index (χ0) is 16.5. The molecular weight excluding hydrogens is 302 g/mol. The predicted octanol–water partition coefficient (Wildman–Crippen LogP) is 2.63. The number of carbonyl (C=O) groups is 1. The summed E-state index contributed by atoms with van der Waals surface area (Å²) in [6.07, 6.45) is 6.64. The van der Waals surface area contributed by atoms with Crippen molar-refractivity contribution in [1.29, 1.82) is 0 Å². The van der Waals surface area contributed by atoms with Gasteiger partial charge in [0.15, 0.2) is 0 Å². The fourth-order valence-corrected chi connectivity index (χ4v) is 3.69. The number of methoxy groups -OCH3 is 1. The second-order valence-corrected chi connectivity index (χ2v) is 7.05. The van der Waals surface area contributed by atoms with Gasteiger partial charge in [-0.15, -0.1) is 0 Å². The molecular formula is C19H25N3O2. The summed E-state index contributed by atoms with van der Waals surface area (Å²) in [6.45, 7) is 2.52. The number of fused-ring (bicyclic) bond motifs is 1. The molecule has 2 fully saturated rings. The molecule has 1 aliphatic heterocycles. The predicted molar refractivity (Wildman–Crippen MR) is 94.4 cm³/mol. The highest BCUT2D eigenvalue weighted by atomic mass is 16.5. The van der Waals surface area contributed by atoms with Crippen molar-refractivity contribution in [3.63, 3.8) is 0 Å². The van der Waals surface area contributed by atoms with E-state index in [2.05, 4.69) is 33.5 Å². The fraction of sp³-hybridized carbons (Fsp3) is 0.526. The summed E-state index contributed by atoms with van der Waals surface area (Å²) < 4.78 is 5.36. The van der Waals surface area contributed by atoms with Gasteiger partial charge in [-0.1, -0.05) is 0 Å². The van der Waals surface area contributed by atoms with Crippen LogP contribution >= 0.6 is 0 Å². The topological polar surface area (TPSA) is 57.4 Å². The Morgan fingerprint density at radius 1 is 1.29 bits per heavy atom. The third-order valence-electron chi connectivity index (χ3n) is 5.26. The highest BCUT2D eigenvalue weighted by Gasteiger charge is 2.27. The molecule has 0 atom stereocenters. The molecule has 1 saturated carbocycles. The van der Waals surface area contributed by atoms with Gasteiger partial charge in [-0.3, -0.25) is 9.69 Å². The van der Waals surface area contributed by atoms with Crippen LogP contribution in [0.1, 0.15) is 37.2 Å². The lowest BCUT2D eigenvalue weighted by Crippen LogP contribution is -2.41. The molecule has 24 heavy (non-hydrogen) atoms. The molecule has 2 heterocycles. The number of benzene rings is 1. The Morgan fingerprint density at radius 3 is 2.79 bits per heavy atom. The molecule has 0 radical (unpaired) electrons. The van der Waals surface area contributed by atoms with E-state index in [0.29, 0.717) is 18.5 Å². The zero-order valence-corrected chi connectivity index (χ0v) is 14.2. The largest absolute Gasteiger partial charge is 0.497 e. The van der Waals surface area contributed by atoms with Crippen LogP contribution in [-0.2, 0) is 4.79 Å². The fourth-order valence-electron chi connectivity index (χ4n) is 3.69. The minimum atomic E-state index is 0.188. The van der Waals surface area contributed by atoms with Gasteiger partial charge in [0.05, 0.1) is 13.7 Å². The lowest BCUT2D eigenvalue weighted by Gasteiger charge is -2.31. The van der Waals surface area contributed by atoms with E-state index in [1.807, 2.05) is 6.07 Å². The quantitative estimate of drug-likeness (QED) is 0.887. The summed E-state index contributed by atoms with van der Waals surface area (Å²) in [6, 6.07) is 6.64. The summed E-state index contributed by atoms with van der Waals surface area (Å²) in [5.41, 5.74) is 2.54. The van der Waals surface area contributed by atoms with E-state index in [4.69, 9.17) is 4.74 Å². The molecule has 5 nitrogen and oxygen atoms in total. The molecule has 2 aromatic rings. The average Bonchev–Trinajstić information content (AvgIpc) is 3.31. The van der Waals surface area contributed by atoms with E-state index in [-0.39, 0.29) is 5.91 Å². The molecule has 1 aliphatic carbocycles. The number of carbonyl (C=O) groups excluding carboxylic acids is 1. The van der Waals surface area contributed by atoms with E-state index < -0.39 is 0 Å². The Balaban J connectivity index is 1.39. The highest BCUT2D eigenvalue weighted by Crippen LogP contribution is 2.34. The van der Waals surface area contributed by atoms with Crippen molar-refractivity contribution in [3.8, 4) is 5.75 Å². The summed E-state index contributed by atoms with van der Waals surface area (Å²) >= 11 is 0. The van der Waals surface area contributed by atoms with Gasteiger partial charge >= 0.3 is 0 Å². The number of amides is 1. The molecule has 1 aromatic carbocycles. The van der Waals surface area contributed by atoms with Crippen molar-refractivity contribution < 1.29 is 9.53 Å². The van der Waals surface area contributed by atoms with Gasteiger partial charge in [0, 0.05) is 23.1 Å². The van der Waals surface area contributed by atoms with Crippen molar-refractivity contribution >= 4 is 16.8 Å². The number of piperidine rings is 1. The molecule has 1 saturated heterocycles. The molecule has 2 aliphatic rings. The monoisotopic (exact) mass is 327 g/mol. The minimum Gasteiger partial charge on any atom is -0.497 e. The molecule has 5 heteroatoms. The maximum absolute atomic E-state index is 11.9. The third kappa shape index (κ3) is 3.26. The molecule has 128 valence electrons. The lowest BCUT2D eigenvalue weighted by molar-refractivity contribution is -0.122. The zero-order valence-electron chi connectivity index (χ0n) is 14.2. The van der Waals surface area contributed by atoms with Gasteiger partial charge in [0.25, 0.3) is 0 Å². The average molecular weight is 327 g/mol. The summed E-state index contributed by atoms with van der Waals surface area (Å²) in [4.78, 5) is 17.6. The first-order valence-electron chi connectivity index (χ1n) is 8.89. The van der Waals surface area contributed by atoms with Crippen molar-refractivity contribution in [2.24, 2.45) is 0 Å².